The van der Waals surface area contributed by atoms with Crippen LogP contribution in [0.3, 0.4) is 0 Å². The Morgan fingerprint density at radius 1 is 1.03 bits per heavy atom. The molecule has 5 nitrogen and oxygen atoms in total. The van der Waals surface area contributed by atoms with Gasteiger partial charge in [-0.2, -0.15) is 0 Å². The summed E-state index contributed by atoms with van der Waals surface area (Å²) >= 11 is 1.49. The molecule has 0 bridgehead atoms. The van der Waals surface area contributed by atoms with Crippen LogP contribution in [0.2, 0.25) is 0 Å². The van der Waals surface area contributed by atoms with E-state index >= 15 is 0 Å². The molecule has 0 spiro atoms. The van der Waals surface area contributed by atoms with Gasteiger partial charge in [-0.15, -0.1) is 11.8 Å². The van der Waals surface area contributed by atoms with Crippen molar-refractivity contribution in [1.82, 2.24) is 0 Å². The summed E-state index contributed by atoms with van der Waals surface area (Å²) in [6, 6.07) is 15.4. The molecule has 0 unspecified atom stereocenters. The topological polar surface area (TPSA) is 66.5 Å². The standard InChI is InChI=1S/C23H28N2O3S2/c1-17-10-13-25(14-11-17)19-8-6-18(7-9-19)24-23(26)21-4-2-3-5-22(21)29-20-12-15-30(27,28)16-20/h2-9,17,20H,10-16H2,1H3,(H,24,26)/t20-/m1/s1. The number of piperidine rings is 1. The molecule has 0 aromatic heterocycles. The highest BCUT2D eigenvalue weighted by atomic mass is 32.2. The van der Waals surface area contributed by atoms with E-state index in [1.807, 2.05) is 30.3 Å². The molecule has 2 heterocycles. The van der Waals surface area contributed by atoms with Crippen LogP contribution in [0.15, 0.2) is 53.4 Å². The second-order valence-electron chi connectivity index (χ2n) is 8.31. The second kappa shape index (κ2) is 9.02. The van der Waals surface area contributed by atoms with Crippen molar-refractivity contribution in [3.8, 4) is 0 Å². The third-order valence-corrected chi connectivity index (χ3v) is 9.21. The fourth-order valence-electron chi connectivity index (χ4n) is 4.01. The van der Waals surface area contributed by atoms with Crippen LogP contribution in [-0.2, 0) is 9.84 Å². The van der Waals surface area contributed by atoms with Gasteiger partial charge in [0, 0.05) is 34.6 Å². The van der Waals surface area contributed by atoms with Crippen LogP contribution >= 0.6 is 11.8 Å². The second-order valence-corrected chi connectivity index (χ2v) is 11.9. The SMILES string of the molecule is CC1CCN(c2ccc(NC(=O)c3ccccc3S[C@@H]3CCS(=O)(=O)C3)cc2)CC1. The Bertz CT molecular complexity index is 997. The van der Waals surface area contributed by atoms with Crippen molar-refractivity contribution < 1.29 is 13.2 Å². The average Bonchev–Trinajstić information content (AvgIpc) is 3.08. The Labute approximate surface area is 183 Å². The highest BCUT2D eigenvalue weighted by Gasteiger charge is 2.29. The number of rotatable bonds is 5. The number of nitrogens with one attached hydrogen (secondary N) is 1. The van der Waals surface area contributed by atoms with Gasteiger partial charge in [-0.3, -0.25) is 4.79 Å². The van der Waals surface area contributed by atoms with Crippen molar-refractivity contribution in [3.05, 3.63) is 54.1 Å². The van der Waals surface area contributed by atoms with Crippen molar-refractivity contribution in [1.29, 1.82) is 0 Å². The van der Waals surface area contributed by atoms with E-state index in [0.29, 0.717) is 12.0 Å². The first-order chi connectivity index (χ1) is 14.4. The smallest absolute Gasteiger partial charge is 0.256 e. The van der Waals surface area contributed by atoms with Crippen molar-refractivity contribution in [2.24, 2.45) is 5.92 Å². The summed E-state index contributed by atoms with van der Waals surface area (Å²) in [5.41, 5.74) is 2.54. The van der Waals surface area contributed by atoms with Gasteiger partial charge in [0.25, 0.3) is 5.91 Å². The van der Waals surface area contributed by atoms with Crippen molar-refractivity contribution in [2.45, 2.75) is 36.3 Å². The molecule has 4 rings (SSSR count). The predicted octanol–water partition coefficient (Wildman–Crippen LogP) is 4.45. The molecule has 2 aliphatic rings. The molecule has 0 radical (unpaired) electrons. The first kappa shape index (κ1) is 21.2. The number of thioether (sulfide) groups is 1. The van der Waals surface area contributed by atoms with E-state index in [2.05, 4.69) is 29.3 Å². The molecule has 2 aromatic carbocycles. The third-order valence-electron chi connectivity index (χ3n) is 5.89. The maximum absolute atomic E-state index is 12.9. The summed E-state index contributed by atoms with van der Waals surface area (Å²) in [7, 11) is -2.94. The third kappa shape index (κ3) is 5.19. The number of amides is 1. The number of anilines is 2. The lowest BCUT2D eigenvalue weighted by atomic mass is 9.99. The van der Waals surface area contributed by atoms with Crippen LogP contribution in [0.1, 0.15) is 36.5 Å². The Morgan fingerprint density at radius 3 is 2.40 bits per heavy atom. The van der Waals surface area contributed by atoms with E-state index in [-0.39, 0.29) is 22.7 Å². The van der Waals surface area contributed by atoms with Gasteiger partial charge in [-0.05, 0) is 61.6 Å². The van der Waals surface area contributed by atoms with Crippen molar-refractivity contribution in [3.63, 3.8) is 0 Å². The number of nitrogens with zero attached hydrogens (tertiary/aromatic N) is 1. The zero-order valence-electron chi connectivity index (χ0n) is 17.2. The van der Waals surface area contributed by atoms with Gasteiger partial charge in [-0.1, -0.05) is 19.1 Å². The van der Waals surface area contributed by atoms with E-state index < -0.39 is 9.84 Å². The van der Waals surface area contributed by atoms with Crippen LogP contribution in [0, 0.1) is 5.92 Å². The van der Waals surface area contributed by atoms with Crippen LogP contribution in [0.4, 0.5) is 11.4 Å². The van der Waals surface area contributed by atoms with Crippen LogP contribution in [0.5, 0.6) is 0 Å². The summed E-state index contributed by atoms with van der Waals surface area (Å²) in [6.45, 7) is 4.46. The van der Waals surface area contributed by atoms with Gasteiger partial charge in [0.05, 0.1) is 17.1 Å². The van der Waals surface area contributed by atoms with E-state index in [1.165, 1.54) is 30.3 Å². The monoisotopic (exact) mass is 444 g/mol. The molecule has 0 aliphatic carbocycles. The lowest BCUT2D eigenvalue weighted by Gasteiger charge is -2.32. The van der Waals surface area contributed by atoms with E-state index in [9.17, 15) is 13.2 Å². The number of sulfone groups is 1. The molecule has 7 heteroatoms. The molecule has 2 saturated heterocycles. The normalized spacial score (nSPS) is 21.5. The van der Waals surface area contributed by atoms with Gasteiger partial charge in [-0.25, -0.2) is 8.42 Å². The zero-order valence-corrected chi connectivity index (χ0v) is 18.8. The molecule has 0 saturated carbocycles. The lowest BCUT2D eigenvalue weighted by molar-refractivity contribution is 0.102. The molecule has 1 amide bonds. The van der Waals surface area contributed by atoms with E-state index in [4.69, 9.17) is 0 Å². The predicted molar refractivity (Wildman–Crippen MR) is 124 cm³/mol. The zero-order chi connectivity index (χ0) is 21.1. The molecule has 2 fully saturated rings. The van der Waals surface area contributed by atoms with Crippen LogP contribution in [-0.4, -0.2) is 44.2 Å². The fourth-order valence-corrected chi connectivity index (χ4v) is 7.64. The minimum Gasteiger partial charge on any atom is -0.372 e. The van der Waals surface area contributed by atoms with E-state index in [1.54, 1.807) is 6.07 Å². The Hall–Kier alpha value is -1.99. The maximum Gasteiger partial charge on any atom is 0.256 e. The molecule has 2 aliphatic heterocycles. The number of hydrogen-bond donors (Lipinski definition) is 1. The summed E-state index contributed by atoms with van der Waals surface area (Å²) in [5, 5.41) is 3.00. The molecular formula is C23H28N2O3S2. The van der Waals surface area contributed by atoms with Crippen LogP contribution < -0.4 is 10.2 Å². The summed E-state index contributed by atoms with van der Waals surface area (Å²) in [6.07, 6.45) is 3.07. The Balaban J connectivity index is 1.41. The largest absolute Gasteiger partial charge is 0.372 e. The Kier molecular flexibility index (Phi) is 6.39. The minimum atomic E-state index is -2.94. The maximum atomic E-state index is 12.9. The van der Waals surface area contributed by atoms with Gasteiger partial charge in [0.15, 0.2) is 9.84 Å². The molecule has 160 valence electrons. The first-order valence-corrected chi connectivity index (χ1v) is 13.2. The molecule has 30 heavy (non-hydrogen) atoms. The number of carbonyl (C=O) groups is 1. The molecular weight excluding hydrogens is 416 g/mol. The fraction of sp³-hybridized carbons (Fsp3) is 0.435. The summed E-state index contributed by atoms with van der Waals surface area (Å²) < 4.78 is 23.5. The van der Waals surface area contributed by atoms with Gasteiger partial charge >= 0.3 is 0 Å². The van der Waals surface area contributed by atoms with Crippen molar-refractivity contribution in [2.75, 3.05) is 34.8 Å². The summed E-state index contributed by atoms with van der Waals surface area (Å²) in [5.74, 6) is 1.05. The molecule has 2 aromatic rings. The molecule has 1 atom stereocenters. The van der Waals surface area contributed by atoms with E-state index in [0.717, 1.165) is 29.6 Å². The number of hydrogen-bond acceptors (Lipinski definition) is 5. The van der Waals surface area contributed by atoms with Gasteiger partial charge in [0.2, 0.25) is 0 Å². The average molecular weight is 445 g/mol. The Morgan fingerprint density at radius 2 is 1.73 bits per heavy atom. The van der Waals surface area contributed by atoms with Gasteiger partial charge < -0.3 is 10.2 Å². The molecule has 1 N–H and O–H groups in total. The highest BCUT2D eigenvalue weighted by molar-refractivity contribution is 8.02. The van der Waals surface area contributed by atoms with Crippen molar-refractivity contribution >= 4 is 38.9 Å². The number of carbonyl (C=O) groups excluding carboxylic acids is 1. The highest BCUT2D eigenvalue weighted by Crippen LogP contribution is 2.33. The number of benzene rings is 2. The quantitative estimate of drug-likeness (QED) is 0.738. The first-order valence-electron chi connectivity index (χ1n) is 10.5. The lowest BCUT2D eigenvalue weighted by Crippen LogP contribution is -2.32. The van der Waals surface area contributed by atoms with Crippen LogP contribution in [0.25, 0.3) is 0 Å². The minimum absolute atomic E-state index is 0.00972. The van der Waals surface area contributed by atoms with Gasteiger partial charge in [0.1, 0.15) is 0 Å². The summed E-state index contributed by atoms with van der Waals surface area (Å²) in [4.78, 5) is 16.1.